The Labute approximate surface area is 124 Å². The Balaban J connectivity index is 2.40. The van der Waals surface area contributed by atoms with Gasteiger partial charge in [0.1, 0.15) is 11.5 Å². The predicted molar refractivity (Wildman–Crippen MR) is 81.3 cm³/mol. The smallest absolute Gasteiger partial charge is 0.262 e. The average molecular weight is 307 g/mol. The summed E-state index contributed by atoms with van der Waals surface area (Å²) in [4.78, 5) is 0.0359. The minimum Gasteiger partial charge on any atom is -0.508 e. The van der Waals surface area contributed by atoms with Crippen LogP contribution in [-0.4, -0.2) is 20.1 Å². The lowest BCUT2D eigenvalue weighted by molar-refractivity contribution is 0.342. The zero-order valence-electron chi connectivity index (χ0n) is 11.8. The van der Waals surface area contributed by atoms with Crippen molar-refractivity contribution in [1.82, 2.24) is 0 Å². The van der Waals surface area contributed by atoms with E-state index in [1.165, 1.54) is 12.1 Å². The van der Waals surface area contributed by atoms with Gasteiger partial charge in [0.05, 0.1) is 17.2 Å². The monoisotopic (exact) mass is 307 g/mol. The molecule has 0 spiro atoms. The van der Waals surface area contributed by atoms with Crippen LogP contribution in [0.4, 0.5) is 5.69 Å². The van der Waals surface area contributed by atoms with Crippen molar-refractivity contribution in [2.24, 2.45) is 0 Å². The van der Waals surface area contributed by atoms with Gasteiger partial charge < -0.3 is 9.84 Å². The lowest BCUT2D eigenvalue weighted by Crippen LogP contribution is -2.15. The summed E-state index contributed by atoms with van der Waals surface area (Å²) in [5, 5.41) is 9.49. The molecule has 0 atom stereocenters. The third-order valence-corrected chi connectivity index (χ3v) is 4.40. The first-order valence-corrected chi connectivity index (χ1v) is 7.96. The fourth-order valence-corrected chi connectivity index (χ4v) is 3.25. The Morgan fingerprint density at radius 1 is 1.19 bits per heavy atom. The number of para-hydroxylation sites is 2. The van der Waals surface area contributed by atoms with Crippen LogP contribution < -0.4 is 9.46 Å². The molecule has 0 saturated heterocycles. The number of anilines is 1. The SMILES string of the molecule is CCOc1ccccc1NS(=O)(=O)c1cc(O)ccc1C. The molecule has 6 heteroatoms. The number of ether oxygens (including phenoxy) is 1. The highest BCUT2D eigenvalue weighted by atomic mass is 32.2. The van der Waals surface area contributed by atoms with E-state index in [0.29, 0.717) is 23.6 Å². The minimum absolute atomic E-state index is 0.0359. The number of phenolic OH excluding ortho intramolecular Hbond substituents is 1. The molecule has 2 rings (SSSR count). The van der Waals surface area contributed by atoms with Crippen LogP contribution in [-0.2, 0) is 10.0 Å². The predicted octanol–water partition coefficient (Wildman–Crippen LogP) is 2.90. The molecule has 0 aliphatic carbocycles. The first-order valence-electron chi connectivity index (χ1n) is 6.48. The summed E-state index contributed by atoms with van der Waals surface area (Å²) >= 11 is 0. The Hall–Kier alpha value is -2.21. The van der Waals surface area contributed by atoms with Crippen molar-refractivity contribution in [3.05, 3.63) is 48.0 Å². The molecular formula is C15H17NO4S. The van der Waals surface area contributed by atoms with E-state index < -0.39 is 10.0 Å². The van der Waals surface area contributed by atoms with E-state index in [0.717, 1.165) is 0 Å². The van der Waals surface area contributed by atoms with Crippen molar-refractivity contribution >= 4 is 15.7 Å². The van der Waals surface area contributed by atoms with E-state index in [1.54, 1.807) is 37.3 Å². The second kappa shape index (κ2) is 6.05. The van der Waals surface area contributed by atoms with Gasteiger partial charge in [-0.3, -0.25) is 4.72 Å². The van der Waals surface area contributed by atoms with Gasteiger partial charge in [-0.15, -0.1) is 0 Å². The van der Waals surface area contributed by atoms with Gasteiger partial charge in [-0.05, 0) is 37.6 Å². The van der Waals surface area contributed by atoms with Gasteiger partial charge in [-0.1, -0.05) is 18.2 Å². The van der Waals surface area contributed by atoms with Crippen LogP contribution in [0.1, 0.15) is 12.5 Å². The fourth-order valence-electron chi connectivity index (χ4n) is 1.91. The van der Waals surface area contributed by atoms with Crippen LogP contribution in [0.2, 0.25) is 0 Å². The number of sulfonamides is 1. The maximum atomic E-state index is 12.5. The highest BCUT2D eigenvalue weighted by Gasteiger charge is 2.19. The maximum absolute atomic E-state index is 12.5. The summed E-state index contributed by atoms with van der Waals surface area (Å²) in [6, 6.07) is 11.0. The van der Waals surface area contributed by atoms with Crippen LogP contribution in [0, 0.1) is 6.92 Å². The van der Waals surface area contributed by atoms with Crippen LogP contribution in [0.15, 0.2) is 47.4 Å². The number of benzene rings is 2. The summed E-state index contributed by atoms with van der Waals surface area (Å²) in [6.45, 7) is 3.93. The van der Waals surface area contributed by atoms with E-state index in [1.807, 2.05) is 6.92 Å². The molecule has 5 nitrogen and oxygen atoms in total. The van der Waals surface area contributed by atoms with Gasteiger partial charge in [0.15, 0.2) is 0 Å². The Kier molecular flexibility index (Phi) is 4.37. The van der Waals surface area contributed by atoms with Crippen LogP contribution >= 0.6 is 0 Å². The molecule has 21 heavy (non-hydrogen) atoms. The maximum Gasteiger partial charge on any atom is 0.262 e. The van der Waals surface area contributed by atoms with Crippen molar-refractivity contribution < 1.29 is 18.3 Å². The van der Waals surface area contributed by atoms with Gasteiger partial charge in [0, 0.05) is 6.07 Å². The number of nitrogens with one attached hydrogen (secondary N) is 1. The molecule has 0 aliphatic heterocycles. The molecule has 2 aromatic rings. The summed E-state index contributed by atoms with van der Waals surface area (Å²) in [6.07, 6.45) is 0. The molecule has 0 saturated carbocycles. The first-order chi connectivity index (χ1) is 9.94. The average Bonchev–Trinajstić information content (AvgIpc) is 2.43. The molecule has 0 aliphatic rings. The molecule has 0 bridgehead atoms. The van der Waals surface area contributed by atoms with Gasteiger partial charge in [0.2, 0.25) is 0 Å². The zero-order valence-corrected chi connectivity index (χ0v) is 12.6. The molecule has 0 heterocycles. The van der Waals surface area contributed by atoms with Crippen molar-refractivity contribution in [2.75, 3.05) is 11.3 Å². The van der Waals surface area contributed by atoms with Gasteiger partial charge in [-0.25, -0.2) is 8.42 Å². The number of aromatic hydroxyl groups is 1. The zero-order chi connectivity index (χ0) is 15.5. The normalized spacial score (nSPS) is 11.1. The summed E-state index contributed by atoms with van der Waals surface area (Å²) < 4.78 is 32.8. The van der Waals surface area contributed by atoms with E-state index in [9.17, 15) is 13.5 Å². The van der Waals surface area contributed by atoms with Crippen LogP contribution in [0.5, 0.6) is 11.5 Å². The van der Waals surface area contributed by atoms with Gasteiger partial charge in [0.25, 0.3) is 10.0 Å². The highest BCUT2D eigenvalue weighted by molar-refractivity contribution is 7.92. The van der Waals surface area contributed by atoms with E-state index in [4.69, 9.17) is 4.74 Å². The molecular weight excluding hydrogens is 290 g/mol. The molecule has 0 unspecified atom stereocenters. The summed E-state index contributed by atoms with van der Waals surface area (Å²) in [7, 11) is -3.80. The fraction of sp³-hybridized carbons (Fsp3) is 0.200. The lowest BCUT2D eigenvalue weighted by atomic mass is 10.2. The number of aryl methyl sites for hydroxylation is 1. The second-order valence-electron chi connectivity index (χ2n) is 4.48. The van der Waals surface area contributed by atoms with E-state index in [2.05, 4.69) is 4.72 Å². The van der Waals surface area contributed by atoms with Gasteiger partial charge >= 0.3 is 0 Å². The highest BCUT2D eigenvalue weighted by Crippen LogP contribution is 2.28. The topological polar surface area (TPSA) is 75.6 Å². The van der Waals surface area contributed by atoms with Crippen molar-refractivity contribution in [3.8, 4) is 11.5 Å². The quantitative estimate of drug-likeness (QED) is 0.890. The van der Waals surface area contributed by atoms with E-state index >= 15 is 0 Å². The van der Waals surface area contributed by atoms with Crippen molar-refractivity contribution in [3.63, 3.8) is 0 Å². The third kappa shape index (κ3) is 3.46. The molecule has 112 valence electrons. The summed E-state index contributed by atoms with van der Waals surface area (Å²) in [5.74, 6) is 0.362. The minimum atomic E-state index is -3.80. The molecule has 0 fully saturated rings. The van der Waals surface area contributed by atoms with Crippen molar-refractivity contribution in [2.45, 2.75) is 18.7 Å². The molecule has 0 radical (unpaired) electrons. The van der Waals surface area contributed by atoms with Crippen molar-refractivity contribution in [1.29, 1.82) is 0 Å². The summed E-state index contributed by atoms with van der Waals surface area (Å²) in [5.41, 5.74) is 0.913. The molecule has 0 aromatic heterocycles. The van der Waals surface area contributed by atoms with Crippen LogP contribution in [0.3, 0.4) is 0 Å². The number of hydrogen-bond donors (Lipinski definition) is 2. The van der Waals surface area contributed by atoms with E-state index in [-0.39, 0.29) is 10.6 Å². The Morgan fingerprint density at radius 3 is 2.62 bits per heavy atom. The Bertz CT molecular complexity index is 741. The third-order valence-electron chi connectivity index (χ3n) is 2.89. The standard InChI is InChI=1S/C15H17NO4S/c1-3-20-14-7-5-4-6-13(14)16-21(18,19)15-10-12(17)9-8-11(15)2/h4-10,16-17H,3H2,1-2H3. The number of phenols is 1. The lowest BCUT2D eigenvalue weighted by Gasteiger charge is -2.14. The molecule has 0 amide bonds. The Morgan fingerprint density at radius 2 is 1.90 bits per heavy atom. The first kappa shape index (κ1) is 15.2. The van der Waals surface area contributed by atoms with Crippen LogP contribution in [0.25, 0.3) is 0 Å². The second-order valence-corrected chi connectivity index (χ2v) is 6.14. The number of hydrogen-bond acceptors (Lipinski definition) is 4. The van der Waals surface area contributed by atoms with Gasteiger partial charge in [-0.2, -0.15) is 0 Å². The molecule has 2 aromatic carbocycles. The molecule has 2 N–H and O–H groups in total. The largest absolute Gasteiger partial charge is 0.508 e. The number of rotatable bonds is 5.